The molecular weight excluding hydrogens is 162 g/mol. The number of rotatable bonds is 3. The third-order valence-electron chi connectivity index (χ3n) is 1.93. The number of allylic oxidation sites excluding steroid dienone is 1. The third-order valence-corrected chi connectivity index (χ3v) is 1.93. The Morgan fingerprint density at radius 2 is 1.85 bits per heavy atom. The molecule has 0 aromatic rings. The topological polar surface area (TPSA) is 50.8 Å². The summed E-state index contributed by atoms with van der Waals surface area (Å²) in [6.07, 6.45) is 3.19. The summed E-state index contributed by atoms with van der Waals surface area (Å²) < 4.78 is 0. The molecule has 0 heterocycles. The van der Waals surface area contributed by atoms with Crippen LogP contribution in [0.5, 0.6) is 0 Å². The first kappa shape index (κ1) is 11.7. The molecule has 1 unspecified atom stereocenters. The van der Waals surface area contributed by atoms with E-state index in [1.54, 1.807) is 6.08 Å². The monoisotopic (exact) mass is 177 g/mol. The van der Waals surface area contributed by atoms with Gasteiger partial charge in [0, 0.05) is 11.5 Å². The fourth-order valence-electron chi connectivity index (χ4n) is 1.29. The maximum Gasteiger partial charge on any atom is 0.106 e. The molecule has 70 valence electrons. The summed E-state index contributed by atoms with van der Waals surface area (Å²) in [6.45, 7) is 3.88. The molecule has 0 aromatic heterocycles. The Bertz CT molecular complexity index is 263. The first-order valence-corrected chi connectivity index (χ1v) is 4.09. The molecule has 0 amide bonds. The highest BCUT2D eigenvalue weighted by Gasteiger charge is 2.28. The van der Waals surface area contributed by atoms with Gasteiger partial charge in [0.2, 0.25) is 0 Å². The van der Waals surface area contributed by atoms with E-state index in [9.17, 15) is 0 Å². The molecular formula is C10H15N3. The normalized spacial score (nSPS) is 14.1. The second-order valence-corrected chi connectivity index (χ2v) is 3.78. The van der Waals surface area contributed by atoms with Gasteiger partial charge in [-0.05, 0) is 14.1 Å². The number of nitrogens with zero attached hydrogens (tertiary/aromatic N) is 3. The van der Waals surface area contributed by atoms with Crippen LogP contribution >= 0.6 is 0 Å². The minimum atomic E-state index is -0.298. The molecule has 0 aliphatic carbocycles. The lowest BCUT2D eigenvalue weighted by atomic mass is 9.84. The van der Waals surface area contributed by atoms with Crippen molar-refractivity contribution in [2.45, 2.75) is 19.9 Å². The first-order chi connectivity index (χ1) is 5.95. The lowest BCUT2D eigenvalue weighted by Crippen LogP contribution is -2.38. The minimum absolute atomic E-state index is 0.211. The summed E-state index contributed by atoms with van der Waals surface area (Å²) in [4.78, 5) is 1.85. The van der Waals surface area contributed by atoms with Gasteiger partial charge in [-0.3, -0.25) is 4.90 Å². The third kappa shape index (κ3) is 3.27. The molecule has 0 radical (unpaired) electrons. The van der Waals surface area contributed by atoms with E-state index in [0.717, 1.165) is 0 Å². The molecule has 0 spiro atoms. The molecule has 1 atom stereocenters. The molecule has 0 saturated heterocycles. The van der Waals surface area contributed by atoms with Crippen LogP contribution in [0.25, 0.3) is 0 Å². The molecule has 13 heavy (non-hydrogen) atoms. The molecule has 0 fully saturated rings. The molecule has 3 heteroatoms. The SMILES string of the molecule is CN(C)C(C#N)C(C)(C)/C=C/C#N. The van der Waals surface area contributed by atoms with E-state index in [-0.39, 0.29) is 11.5 Å². The minimum Gasteiger partial charge on any atom is -0.294 e. The van der Waals surface area contributed by atoms with E-state index in [1.165, 1.54) is 6.08 Å². The second-order valence-electron chi connectivity index (χ2n) is 3.78. The van der Waals surface area contributed by atoms with Crippen LogP contribution in [-0.4, -0.2) is 25.0 Å². The Kier molecular flexibility index (Phi) is 4.17. The van der Waals surface area contributed by atoms with Crippen LogP contribution in [0.1, 0.15) is 13.8 Å². The quantitative estimate of drug-likeness (QED) is 0.614. The van der Waals surface area contributed by atoms with Crippen LogP contribution in [0.15, 0.2) is 12.2 Å². The van der Waals surface area contributed by atoms with E-state index < -0.39 is 0 Å². The van der Waals surface area contributed by atoms with E-state index in [2.05, 4.69) is 6.07 Å². The van der Waals surface area contributed by atoms with Crippen LogP contribution in [0.4, 0.5) is 0 Å². The maximum absolute atomic E-state index is 8.92. The average molecular weight is 177 g/mol. The van der Waals surface area contributed by atoms with Gasteiger partial charge in [-0.15, -0.1) is 0 Å². The zero-order valence-corrected chi connectivity index (χ0v) is 8.57. The lowest BCUT2D eigenvalue weighted by Gasteiger charge is -2.30. The Morgan fingerprint density at radius 3 is 2.15 bits per heavy atom. The van der Waals surface area contributed by atoms with E-state index in [1.807, 2.05) is 38.9 Å². The summed E-state index contributed by atoms with van der Waals surface area (Å²) >= 11 is 0. The van der Waals surface area contributed by atoms with Crippen LogP contribution in [0, 0.1) is 28.1 Å². The molecule has 0 rings (SSSR count). The van der Waals surface area contributed by atoms with Crippen molar-refractivity contribution in [1.82, 2.24) is 4.90 Å². The van der Waals surface area contributed by atoms with E-state index >= 15 is 0 Å². The van der Waals surface area contributed by atoms with Crippen LogP contribution in [0.3, 0.4) is 0 Å². The maximum atomic E-state index is 8.92. The standard InChI is InChI=1S/C10H15N3/c1-10(2,6-5-7-11)9(8-12)13(3)4/h5-6,9H,1-4H3/b6-5+. The predicted molar refractivity (Wildman–Crippen MR) is 51.6 cm³/mol. The molecule has 0 aromatic carbocycles. The van der Waals surface area contributed by atoms with Crippen molar-refractivity contribution in [1.29, 1.82) is 10.5 Å². The van der Waals surface area contributed by atoms with Crippen LogP contribution in [-0.2, 0) is 0 Å². The van der Waals surface area contributed by atoms with Crippen LogP contribution in [0.2, 0.25) is 0 Å². The highest BCUT2D eigenvalue weighted by molar-refractivity contribution is 5.14. The highest BCUT2D eigenvalue weighted by Crippen LogP contribution is 2.24. The Balaban J connectivity index is 4.72. The van der Waals surface area contributed by atoms with Crippen molar-refractivity contribution in [2.24, 2.45) is 5.41 Å². The van der Waals surface area contributed by atoms with Crippen molar-refractivity contribution >= 4 is 0 Å². The van der Waals surface area contributed by atoms with E-state index in [4.69, 9.17) is 10.5 Å². The second kappa shape index (κ2) is 4.64. The zero-order valence-electron chi connectivity index (χ0n) is 8.57. The highest BCUT2D eigenvalue weighted by atomic mass is 15.1. The largest absolute Gasteiger partial charge is 0.294 e. The van der Waals surface area contributed by atoms with Crippen molar-refractivity contribution in [2.75, 3.05) is 14.1 Å². The Morgan fingerprint density at radius 1 is 1.31 bits per heavy atom. The van der Waals surface area contributed by atoms with Gasteiger partial charge >= 0.3 is 0 Å². The van der Waals surface area contributed by atoms with Gasteiger partial charge in [0.1, 0.15) is 6.04 Å². The van der Waals surface area contributed by atoms with Gasteiger partial charge in [-0.2, -0.15) is 10.5 Å². The van der Waals surface area contributed by atoms with Crippen molar-refractivity contribution in [3.05, 3.63) is 12.2 Å². The van der Waals surface area contributed by atoms with Gasteiger partial charge in [0.05, 0.1) is 12.1 Å². The first-order valence-electron chi connectivity index (χ1n) is 4.09. The summed E-state index contributed by atoms with van der Waals surface area (Å²) in [6, 6.07) is 3.94. The molecule has 3 nitrogen and oxygen atoms in total. The summed E-state index contributed by atoms with van der Waals surface area (Å²) in [5.74, 6) is 0. The Hall–Kier alpha value is -1.32. The van der Waals surface area contributed by atoms with Gasteiger partial charge in [-0.1, -0.05) is 19.9 Å². The smallest absolute Gasteiger partial charge is 0.106 e. The molecule has 0 aliphatic rings. The Labute approximate surface area is 79.9 Å². The summed E-state index contributed by atoms with van der Waals surface area (Å²) in [5.41, 5.74) is -0.298. The number of hydrogen-bond donors (Lipinski definition) is 0. The van der Waals surface area contributed by atoms with Gasteiger partial charge in [0.25, 0.3) is 0 Å². The lowest BCUT2D eigenvalue weighted by molar-refractivity contribution is 0.228. The average Bonchev–Trinajstić information content (AvgIpc) is 2.01. The fourth-order valence-corrected chi connectivity index (χ4v) is 1.29. The molecule has 0 bridgehead atoms. The van der Waals surface area contributed by atoms with Crippen molar-refractivity contribution in [3.63, 3.8) is 0 Å². The molecule has 0 aliphatic heterocycles. The zero-order chi connectivity index (χ0) is 10.5. The van der Waals surface area contributed by atoms with E-state index in [0.29, 0.717) is 0 Å². The molecule has 0 N–H and O–H groups in total. The fraction of sp³-hybridized carbons (Fsp3) is 0.600. The molecule has 0 saturated carbocycles. The van der Waals surface area contributed by atoms with Crippen molar-refractivity contribution in [3.8, 4) is 12.1 Å². The van der Waals surface area contributed by atoms with Crippen LogP contribution < -0.4 is 0 Å². The van der Waals surface area contributed by atoms with Gasteiger partial charge < -0.3 is 0 Å². The summed E-state index contributed by atoms with van der Waals surface area (Å²) in [7, 11) is 3.71. The number of nitriles is 2. The van der Waals surface area contributed by atoms with Gasteiger partial charge in [0.15, 0.2) is 0 Å². The number of hydrogen-bond acceptors (Lipinski definition) is 3. The predicted octanol–water partition coefficient (Wildman–Crippen LogP) is 1.55. The van der Waals surface area contributed by atoms with Crippen molar-refractivity contribution < 1.29 is 0 Å². The van der Waals surface area contributed by atoms with Gasteiger partial charge in [-0.25, -0.2) is 0 Å². The summed E-state index contributed by atoms with van der Waals surface area (Å²) in [5, 5.41) is 17.3.